The van der Waals surface area contributed by atoms with Gasteiger partial charge < -0.3 is 13.8 Å². The molecule has 0 saturated carbocycles. The number of aromatic nitrogens is 6. The molecular weight excluding hydrogens is 272 g/mol. The molecule has 1 aliphatic rings. The number of hydrogen-bond acceptors (Lipinski definition) is 12. The first-order valence-corrected chi connectivity index (χ1v) is 5.25. The molecule has 3 aromatic heterocycles. The van der Waals surface area contributed by atoms with Crippen molar-refractivity contribution in [3.8, 4) is 0 Å². The van der Waals surface area contributed by atoms with Gasteiger partial charge in [-0.3, -0.25) is 5.43 Å². The fourth-order valence-electron chi connectivity index (χ4n) is 1.67. The number of nitrogens with zero attached hydrogens (tertiary/aromatic N) is 7. The fourth-order valence-corrected chi connectivity index (χ4v) is 1.67. The van der Waals surface area contributed by atoms with E-state index in [9.17, 15) is 0 Å². The Labute approximate surface area is 108 Å². The van der Waals surface area contributed by atoms with E-state index in [1.165, 1.54) is 12.5 Å². The standard InChI is InChI=1S/C8H4N8O4/c1-4(13-20-10-1)8(5-2-17-16-11-5)15-12-7(19-8)6-9-3-18-14-6/h1-3,15H. The molecule has 1 unspecified atom stereocenters. The van der Waals surface area contributed by atoms with E-state index < -0.39 is 5.72 Å². The van der Waals surface area contributed by atoms with Gasteiger partial charge in [0.2, 0.25) is 6.39 Å². The minimum Gasteiger partial charge on any atom is -0.433 e. The zero-order valence-corrected chi connectivity index (χ0v) is 9.50. The molecule has 1 aliphatic heterocycles. The van der Waals surface area contributed by atoms with Gasteiger partial charge >= 0.3 is 0 Å². The Morgan fingerprint density at radius 2 is 2.15 bits per heavy atom. The number of nitrogens with one attached hydrogen (secondary N) is 1. The van der Waals surface area contributed by atoms with Gasteiger partial charge in [0.1, 0.15) is 6.20 Å². The van der Waals surface area contributed by atoms with Crippen LogP contribution in [0.5, 0.6) is 0 Å². The average molecular weight is 276 g/mol. The molecule has 4 heterocycles. The van der Waals surface area contributed by atoms with Crippen molar-refractivity contribution in [3.05, 3.63) is 36.1 Å². The average Bonchev–Trinajstić information content (AvgIpc) is 3.23. The predicted octanol–water partition coefficient (Wildman–Crippen LogP) is -0.982. The Morgan fingerprint density at radius 3 is 2.85 bits per heavy atom. The monoisotopic (exact) mass is 276 g/mol. The molecule has 0 aromatic carbocycles. The summed E-state index contributed by atoms with van der Waals surface area (Å²) >= 11 is 0. The Kier molecular flexibility index (Phi) is 2.04. The number of hydrogen-bond donors (Lipinski definition) is 1. The van der Waals surface area contributed by atoms with Crippen LogP contribution in [0.1, 0.15) is 17.2 Å². The predicted molar refractivity (Wildman–Crippen MR) is 54.4 cm³/mol. The summed E-state index contributed by atoms with van der Waals surface area (Å²) in [7, 11) is 0. The molecule has 0 spiro atoms. The lowest BCUT2D eigenvalue weighted by Gasteiger charge is -2.21. The minimum absolute atomic E-state index is 0.0877. The summed E-state index contributed by atoms with van der Waals surface area (Å²) in [6.07, 6.45) is 3.77. The second kappa shape index (κ2) is 3.84. The van der Waals surface area contributed by atoms with Gasteiger partial charge in [-0.2, -0.15) is 4.98 Å². The third-order valence-corrected chi connectivity index (χ3v) is 2.56. The molecule has 3 aromatic rings. The molecule has 4 rings (SSSR count). The molecule has 20 heavy (non-hydrogen) atoms. The number of ether oxygens (including phenoxy) is 1. The highest BCUT2D eigenvalue weighted by Crippen LogP contribution is 2.32. The molecule has 12 nitrogen and oxygen atoms in total. The number of rotatable bonds is 3. The Hall–Kier alpha value is -3.31. The normalized spacial score (nSPS) is 21.3. The van der Waals surface area contributed by atoms with Crippen LogP contribution in [0.15, 0.2) is 37.6 Å². The molecule has 12 heteroatoms. The minimum atomic E-state index is -1.38. The fraction of sp³-hybridized carbons (Fsp3) is 0.125. The van der Waals surface area contributed by atoms with Crippen LogP contribution in [-0.4, -0.2) is 36.7 Å². The molecule has 1 atom stereocenters. The largest absolute Gasteiger partial charge is 0.433 e. The highest BCUT2D eigenvalue weighted by molar-refractivity contribution is 5.91. The van der Waals surface area contributed by atoms with E-state index in [1.54, 1.807) is 0 Å². The number of hydrazone groups is 1. The molecule has 0 radical (unpaired) electrons. The third-order valence-electron chi connectivity index (χ3n) is 2.56. The molecule has 0 aliphatic carbocycles. The van der Waals surface area contributed by atoms with Crippen molar-refractivity contribution in [3.63, 3.8) is 0 Å². The van der Waals surface area contributed by atoms with E-state index in [0.29, 0.717) is 0 Å². The summed E-state index contributed by atoms with van der Waals surface area (Å²) in [5, 5.41) is 22.0. The molecule has 100 valence electrons. The second-order valence-electron chi connectivity index (χ2n) is 3.65. The van der Waals surface area contributed by atoms with Crippen LogP contribution in [0.3, 0.4) is 0 Å². The van der Waals surface area contributed by atoms with E-state index in [-0.39, 0.29) is 23.1 Å². The summed E-state index contributed by atoms with van der Waals surface area (Å²) in [6.45, 7) is 0. The summed E-state index contributed by atoms with van der Waals surface area (Å²) in [4.78, 5) is 3.83. The molecule has 0 saturated heterocycles. The first-order chi connectivity index (χ1) is 9.88. The zero-order valence-electron chi connectivity index (χ0n) is 9.50. The van der Waals surface area contributed by atoms with Crippen molar-refractivity contribution in [1.29, 1.82) is 0 Å². The van der Waals surface area contributed by atoms with Gasteiger partial charge in [0.15, 0.2) is 17.7 Å². The molecular formula is C8H4N8O4. The molecule has 1 N–H and O–H groups in total. The van der Waals surface area contributed by atoms with E-state index in [0.717, 1.165) is 6.39 Å². The lowest BCUT2D eigenvalue weighted by atomic mass is 10.1. The first kappa shape index (κ1) is 10.6. The van der Waals surface area contributed by atoms with E-state index in [4.69, 9.17) is 9.26 Å². The van der Waals surface area contributed by atoms with Crippen LogP contribution in [0, 0.1) is 0 Å². The topological polar surface area (TPSA) is 150 Å². The van der Waals surface area contributed by atoms with Crippen molar-refractivity contribution in [2.45, 2.75) is 5.72 Å². The maximum Gasteiger partial charge on any atom is 0.293 e. The van der Waals surface area contributed by atoms with Gasteiger partial charge in [-0.1, -0.05) is 10.3 Å². The van der Waals surface area contributed by atoms with Gasteiger partial charge in [0.05, 0.1) is 0 Å². The third kappa shape index (κ3) is 1.38. The summed E-state index contributed by atoms with van der Waals surface area (Å²) in [5.74, 6) is 0.247. The van der Waals surface area contributed by atoms with Gasteiger partial charge in [0.25, 0.3) is 17.4 Å². The maximum absolute atomic E-state index is 5.71. The van der Waals surface area contributed by atoms with Crippen molar-refractivity contribution < 1.29 is 18.4 Å². The van der Waals surface area contributed by atoms with Crippen LogP contribution < -0.4 is 5.43 Å². The van der Waals surface area contributed by atoms with Gasteiger partial charge in [-0.05, 0) is 5.16 Å². The molecule has 0 bridgehead atoms. The van der Waals surface area contributed by atoms with Crippen molar-refractivity contribution in [2.75, 3.05) is 0 Å². The van der Waals surface area contributed by atoms with Gasteiger partial charge in [-0.15, -0.1) is 10.2 Å². The van der Waals surface area contributed by atoms with Gasteiger partial charge in [-0.25, -0.2) is 4.63 Å². The van der Waals surface area contributed by atoms with E-state index in [2.05, 4.69) is 50.5 Å². The summed E-state index contributed by atoms with van der Waals surface area (Å²) in [5.41, 5.74) is 1.90. The molecule has 0 amide bonds. The summed E-state index contributed by atoms with van der Waals surface area (Å²) < 4.78 is 19.6. The van der Waals surface area contributed by atoms with Crippen molar-refractivity contribution in [1.82, 2.24) is 36.2 Å². The molecule has 0 fully saturated rings. The Bertz CT molecular complexity index is 684. The lowest BCUT2D eigenvalue weighted by molar-refractivity contribution is 0.0760. The van der Waals surface area contributed by atoms with Crippen molar-refractivity contribution >= 4 is 5.90 Å². The quantitative estimate of drug-likeness (QED) is 0.628. The highest BCUT2D eigenvalue weighted by atomic mass is 16.6. The van der Waals surface area contributed by atoms with Crippen LogP contribution in [0.25, 0.3) is 0 Å². The highest BCUT2D eigenvalue weighted by Gasteiger charge is 2.49. The second-order valence-corrected chi connectivity index (χ2v) is 3.65. The zero-order chi connectivity index (χ0) is 13.4. The van der Waals surface area contributed by atoms with Crippen LogP contribution >= 0.6 is 0 Å². The maximum atomic E-state index is 5.71. The van der Waals surface area contributed by atoms with Crippen LogP contribution in [-0.2, 0) is 10.5 Å². The first-order valence-electron chi connectivity index (χ1n) is 5.25. The summed E-state index contributed by atoms with van der Waals surface area (Å²) in [6, 6.07) is 0. The van der Waals surface area contributed by atoms with E-state index in [1.807, 2.05) is 0 Å². The van der Waals surface area contributed by atoms with E-state index >= 15 is 0 Å². The SMILES string of the molecule is c1nc(C2=NNC(c3conn3)(c3cnon3)O2)no1. The Balaban J connectivity index is 1.77. The Morgan fingerprint density at radius 1 is 1.15 bits per heavy atom. The van der Waals surface area contributed by atoms with Crippen LogP contribution in [0.2, 0.25) is 0 Å². The van der Waals surface area contributed by atoms with Gasteiger partial charge in [0, 0.05) is 5.27 Å². The van der Waals surface area contributed by atoms with Crippen molar-refractivity contribution in [2.24, 2.45) is 5.10 Å². The van der Waals surface area contributed by atoms with Crippen LogP contribution in [0.4, 0.5) is 0 Å². The lowest BCUT2D eigenvalue weighted by Crippen LogP contribution is -2.40. The smallest absolute Gasteiger partial charge is 0.293 e.